The van der Waals surface area contributed by atoms with Crippen LogP contribution in [0.25, 0.3) is 0 Å². The predicted molar refractivity (Wildman–Crippen MR) is 160 cm³/mol. The molecule has 0 unspecified atom stereocenters. The highest BCUT2D eigenvalue weighted by Crippen LogP contribution is 2.68. The molecule has 0 saturated heterocycles. The number of nitrogens with two attached hydrogens (primary N) is 2. The third-order valence-electron chi connectivity index (χ3n) is 6.10. The predicted octanol–water partition coefficient (Wildman–Crippen LogP) is 1.27. The molecule has 6 heterocycles. The fourth-order valence-corrected chi connectivity index (χ4v) is 9.62. The number of hydrazone groups is 2. The van der Waals surface area contributed by atoms with E-state index >= 15 is 0 Å². The van der Waals surface area contributed by atoms with E-state index in [0.29, 0.717) is 0 Å². The summed E-state index contributed by atoms with van der Waals surface area (Å²) in [6, 6.07) is 3.09. The van der Waals surface area contributed by atoms with Gasteiger partial charge in [0.25, 0.3) is 35.5 Å². The van der Waals surface area contributed by atoms with Gasteiger partial charge in [-0.05, 0) is 12.1 Å². The number of phenols is 2. The normalized spacial score (nSPS) is 17.4. The van der Waals surface area contributed by atoms with Crippen LogP contribution in [0.5, 0.6) is 11.5 Å². The lowest BCUT2D eigenvalue weighted by atomic mass is 10.2. The van der Waals surface area contributed by atoms with Gasteiger partial charge in [0.1, 0.15) is 11.5 Å². The molecule has 44 heavy (non-hydrogen) atoms. The summed E-state index contributed by atoms with van der Waals surface area (Å²) in [6.07, 6.45) is 5.60. The summed E-state index contributed by atoms with van der Waals surface area (Å²) in [5, 5.41) is 32.4. The molecule has 4 aliphatic rings. The number of phenolic OH excluding ortho intramolecular Hbond substituents is 2. The summed E-state index contributed by atoms with van der Waals surface area (Å²) in [6.45, 7) is 0. The van der Waals surface area contributed by atoms with Gasteiger partial charge < -0.3 is 21.7 Å². The first-order valence-corrected chi connectivity index (χ1v) is 15.2. The zero-order valence-corrected chi connectivity index (χ0v) is 24.6. The van der Waals surface area contributed by atoms with Crippen molar-refractivity contribution in [3.63, 3.8) is 0 Å². The number of thioether (sulfide) groups is 4. The maximum absolute atomic E-state index is 13.4. The van der Waals surface area contributed by atoms with Gasteiger partial charge in [-0.2, -0.15) is 20.2 Å². The summed E-state index contributed by atoms with van der Waals surface area (Å²) in [5.41, 5.74) is 10.1. The molecule has 0 bridgehead atoms. The van der Waals surface area contributed by atoms with E-state index in [1.54, 1.807) is 12.1 Å². The fraction of sp³-hybridized carbons (Fsp3) is 0. The minimum atomic E-state index is -0.974. The SMILES string of the molecule is NC(=O)C1=NN(c2ncccn2)C(=O)C1=C1Sc2c(O)c3c(c(O)c2S1)SC(=C1C(=O)N(c2ncccn2)N=C1C(N)=O)S3. The zero-order chi connectivity index (χ0) is 30.9. The molecule has 16 nitrogen and oxygen atoms in total. The van der Waals surface area contributed by atoms with Crippen LogP contribution in [0.3, 0.4) is 0 Å². The molecule has 0 fully saturated rings. The molecule has 0 aliphatic carbocycles. The first-order valence-electron chi connectivity index (χ1n) is 12.0. The Hall–Kier alpha value is -4.92. The third-order valence-corrected chi connectivity index (χ3v) is 11.3. The average Bonchev–Trinajstić information content (AvgIpc) is 3.80. The minimum Gasteiger partial charge on any atom is -0.505 e. The van der Waals surface area contributed by atoms with Gasteiger partial charge in [0.15, 0.2) is 11.4 Å². The standard InChI is InChI=1S/C24H12N10O6S4/c25-17(37)9-7(19(39)33(31-9)23-27-3-1-4-28-23)21-41-13-11(35)15-16(12(36)14(13)42-21)44-22(43-15)8-10(18(26)38)32-34(20(8)40)24-29-5-2-6-30-24/h1-6,35-36H,(H2,25,37)(H2,26,38). The van der Waals surface area contributed by atoms with Crippen LogP contribution in [-0.2, 0) is 19.2 Å². The molecule has 0 saturated carbocycles. The number of fused-ring (bicyclic) bond motifs is 2. The summed E-state index contributed by atoms with van der Waals surface area (Å²) in [7, 11) is 0. The highest BCUT2D eigenvalue weighted by molar-refractivity contribution is 8.26. The number of anilines is 2. The number of nitrogens with zero attached hydrogens (tertiary/aromatic N) is 8. The third kappa shape index (κ3) is 4.21. The van der Waals surface area contributed by atoms with E-state index in [4.69, 9.17) is 11.5 Å². The number of hydrogen-bond acceptors (Lipinski definition) is 16. The van der Waals surface area contributed by atoms with E-state index in [1.807, 2.05) is 0 Å². The Labute approximate surface area is 261 Å². The van der Waals surface area contributed by atoms with Crippen molar-refractivity contribution in [2.24, 2.45) is 21.7 Å². The Balaban J connectivity index is 1.26. The van der Waals surface area contributed by atoms with Crippen molar-refractivity contribution in [1.82, 2.24) is 19.9 Å². The van der Waals surface area contributed by atoms with Crippen molar-refractivity contribution in [3.8, 4) is 11.5 Å². The van der Waals surface area contributed by atoms with E-state index in [9.17, 15) is 29.4 Å². The lowest BCUT2D eigenvalue weighted by molar-refractivity contribution is -0.115. The Bertz CT molecular complexity index is 1820. The maximum atomic E-state index is 13.4. The zero-order valence-electron chi connectivity index (χ0n) is 21.4. The van der Waals surface area contributed by atoms with Gasteiger partial charge >= 0.3 is 0 Å². The van der Waals surface area contributed by atoms with Crippen molar-refractivity contribution in [3.05, 3.63) is 56.5 Å². The van der Waals surface area contributed by atoms with Crippen LogP contribution in [0, 0.1) is 0 Å². The fourth-order valence-electron chi connectivity index (χ4n) is 4.22. The van der Waals surface area contributed by atoms with Crippen molar-refractivity contribution in [1.29, 1.82) is 0 Å². The van der Waals surface area contributed by atoms with Gasteiger partial charge in [0, 0.05) is 24.8 Å². The molecule has 4 aliphatic heterocycles. The molecule has 2 aromatic heterocycles. The van der Waals surface area contributed by atoms with E-state index < -0.39 is 23.6 Å². The van der Waals surface area contributed by atoms with Gasteiger partial charge in [-0.15, -0.1) is 0 Å². The number of benzene rings is 1. The Morgan fingerprint density at radius 3 is 1.23 bits per heavy atom. The number of hydrogen-bond donors (Lipinski definition) is 4. The largest absolute Gasteiger partial charge is 0.505 e. The highest BCUT2D eigenvalue weighted by Gasteiger charge is 2.45. The highest BCUT2D eigenvalue weighted by atomic mass is 32.2. The van der Waals surface area contributed by atoms with Crippen LogP contribution in [0.15, 0.2) is 86.3 Å². The quantitative estimate of drug-likeness (QED) is 0.227. The smallest absolute Gasteiger partial charge is 0.285 e. The molecular weight excluding hydrogens is 653 g/mol. The second kappa shape index (κ2) is 10.4. The number of aromatic hydroxyl groups is 2. The van der Waals surface area contributed by atoms with E-state index in [-0.39, 0.29) is 74.0 Å². The molecule has 0 radical (unpaired) electrons. The first-order chi connectivity index (χ1) is 21.2. The molecule has 0 spiro atoms. The molecule has 4 amide bonds. The van der Waals surface area contributed by atoms with Gasteiger partial charge in [-0.3, -0.25) is 19.2 Å². The monoisotopic (exact) mass is 664 g/mol. The Morgan fingerprint density at radius 1 is 0.614 bits per heavy atom. The van der Waals surface area contributed by atoms with Gasteiger partial charge in [-0.25, -0.2) is 19.9 Å². The van der Waals surface area contributed by atoms with Crippen LogP contribution in [0.1, 0.15) is 0 Å². The van der Waals surface area contributed by atoms with E-state index in [1.165, 1.54) is 24.8 Å². The minimum absolute atomic E-state index is 0.0758. The summed E-state index contributed by atoms with van der Waals surface area (Å²) in [4.78, 5) is 68.0. The number of rotatable bonds is 4. The summed E-state index contributed by atoms with van der Waals surface area (Å²) >= 11 is 3.71. The van der Waals surface area contributed by atoms with Gasteiger partial charge in [0.05, 0.1) is 39.2 Å². The van der Waals surface area contributed by atoms with Crippen LogP contribution < -0.4 is 21.5 Å². The van der Waals surface area contributed by atoms with Crippen molar-refractivity contribution < 1.29 is 29.4 Å². The molecule has 20 heteroatoms. The molecule has 1 aromatic carbocycles. The molecule has 3 aromatic rings. The molecule has 0 atom stereocenters. The van der Waals surface area contributed by atoms with E-state index in [0.717, 1.165) is 57.1 Å². The Kier molecular flexibility index (Phi) is 6.57. The molecule has 6 N–H and O–H groups in total. The van der Waals surface area contributed by atoms with Crippen LogP contribution in [0.2, 0.25) is 0 Å². The number of aromatic nitrogens is 4. The van der Waals surface area contributed by atoms with Crippen LogP contribution in [-0.4, -0.2) is 65.2 Å². The molecule has 218 valence electrons. The van der Waals surface area contributed by atoms with Crippen molar-refractivity contribution in [2.45, 2.75) is 19.6 Å². The lowest BCUT2D eigenvalue weighted by Gasteiger charge is -2.08. The second-order valence-corrected chi connectivity index (χ2v) is 13.3. The first kappa shape index (κ1) is 27.9. The number of carbonyl (C=O) groups excluding carboxylic acids is 4. The summed E-state index contributed by atoms with van der Waals surface area (Å²) < 4.78 is 0.466. The van der Waals surface area contributed by atoms with Crippen LogP contribution in [0.4, 0.5) is 11.9 Å². The molecular formula is C24H12N10O6S4. The van der Waals surface area contributed by atoms with Gasteiger partial charge in [0.2, 0.25) is 0 Å². The lowest BCUT2D eigenvalue weighted by Crippen LogP contribution is -2.26. The van der Waals surface area contributed by atoms with Crippen LogP contribution >= 0.6 is 47.0 Å². The second-order valence-electron chi connectivity index (χ2n) is 8.70. The summed E-state index contributed by atoms with van der Waals surface area (Å²) in [5.74, 6) is -4.06. The number of amides is 4. The molecule has 7 rings (SSSR count). The number of primary amides is 2. The van der Waals surface area contributed by atoms with Gasteiger partial charge in [-0.1, -0.05) is 47.0 Å². The van der Waals surface area contributed by atoms with Crippen molar-refractivity contribution >= 4 is 94.0 Å². The maximum Gasteiger partial charge on any atom is 0.285 e. The van der Waals surface area contributed by atoms with Crippen molar-refractivity contribution in [2.75, 3.05) is 10.0 Å². The number of carbonyl (C=O) groups is 4. The topological polar surface area (TPSA) is 244 Å². The average molecular weight is 665 g/mol. The Morgan fingerprint density at radius 2 is 0.932 bits per heavy atom. The van der Waals surface area contributed by atoms with E-state index in [2.05, 4.69) is 30.1 Å².